The molecule has 0 atom stereocenters. The Bertz CT molecular complexity index is 204. The van der Waals surface area contributed by atoms with E-state index in [-0.39, 0.29) is 0 Å². The Balaban J connectivity index is 0. The molecule has 0 amide bonds. The smallest absolute Gasteiger partial charge is 0.210 e. The molecule has 0 aromatic rings. The van der Waals surface area contributed by atoms with Gasteiger partial charge in [-0.3, -0.25) is 0 Å². The SMILES string of the molecule is [2H]C([2H])([2H])C(=O)C([2H])([2H])[2H].[2H]OC([2H])([2H])[2H]. The third-order valence-electron chi connectivity index (χ3n) is 0. The summed E-state index contributed by atoms with van der Waals surface area (Å²) in [4.78, 5) is 10.4. The van der Waals surface area contributed by atoms with Crippen molar-refractivity contribution in [2.45, 2.75) is 13.7 Å². The van der Waals surface area contributed by atoms with E-state index in [1.54, 1.807) is 0 Å². The number of ketones is 1. The van der Waals surface area contributed by atoms with E-state index in [1.165, 1.54) is 0 Å². The van der Waals surface area contributed by atoms with Crippen molar-refractivity contribution in [2.75, 3.05) is 7.04 Å². The van der Waals surface area contributed by atoms with E-state index in [0.29, 0.717) is 0 Å². The van der Waals surface area contributed by atoms with Crippen LogP contribution >= 0.6 is 0 Å². The number of aliphatic hydroxyl groups is 1. The van der Waals surface area contributed by atoms with E-state index in [1.807, 2.05) is 0 Å². The maximum absolute atomic E-state index is 10.4. The zero-order valence-electron chi connectivity index (χ0n) is 12.8. The molecule has 0 aliphatic heterocycles. The first-order valence-electron chi connectivity index (χ1n) is 5.82. The number of carbonyl (C=O) groups is 1. The fourth-order valence-electron chi connectivity index (χ4n) is 0. The second-order valence-corrected chi connectivity index (χ2v) is 0.329. The van der Waals surface area contributed by atoms with Crippen LogP contribution in [0.5, 0.6) is 0 Å². The third kappa shape index (κ3) is 183. The summed E-state index contributed by atoms with van der Waals surface area (Å²) in [6, 6.07) is 0. The molecule has 6 heavy (non-hydrogen) atoms. The van der Waals surface area contributed by atoms with Crippen LogP contribution in [0.3, 0.4) is 0 Å². The first kappa shape index (κ1) is 0.650. The molecule has 0 aliphatic rings. The molecular weight excluding hydrogens is 80.0 g/mol. The van der Waals surface area contributed by atoms with Crippen molar-refractivity contribution >= 4 is 5.78 Å². The Morgan fingerprint density at radius 3 is 2.50 bits per heavy atom. The van der Waals surface area contributed by atoms with Crippen molar-refractivity contribution in [3.63, 3.8) is 0 Å². The lowest BCUT2D eigenvalue weighted by atomic mass is 10.6. The summed E-state index contributed by atoms with van der Waals surface area (Å²) < 4.78 is 62.6. The number of Topliss-reactive ketones (excluding diaryl/α,β-unsaturated/α-hetero) is 1. The van der Waals surface area contributed by atoms with Gasteiger partial charge in [0.15, 0.2) is 0 Å². The monoisotopic (exact) mass is 100 g/mol. The molecule has 0 aromatic carbocycles. The molecule has 0 aromatic heterocycles. The Labute approximate surface area is 51.9 Å². The number of carbonyl (C=O) groups excluding carboxylic acids is 1. The molecule has 0 spiro atoms. The maximum atomic E-state index is 10.4. The minimum absolute atomic E-state index is 1.68. The van der Waals surface area contributed by atoms with Crippen LogP contribution in [0.15, 0.2) is 0 Å². The van der Waals surface area contributed by atoms with E-state index >= 15 is 0 Å². The molecule has 0 bridgehead atoms. The summed E-state index contributed by atoms with van der Waals surface area (Å²) in [6.45, 7) is -6.02. The highest BCUT2D eigenvalue weighted by Crippen LogP contribution is 1.50. The second kappa shape index (κ2) is 8.82. The van der Waals surface area contributed by atoms with Crippen molar-refractivity contribution in [2.24, 2.45) is 0 Å². The van der Waals surface area contributed by atoms with Gasteiger partial charge in [0, 0.05) is 15.3 Å². The molecule has 0 heterocycles. The van der Waals surface area contributed by atoms with E-state index in [0.717, 1.165) is 0 Å². The highest BCUT2D eigenvalue weighted by Gasteiger charge is 1.62. The Kier molecular flexibility index (Phi) is 0.955. The standard InChI is InChI=1S/C3H6O.CH4O/c1-3(2)4;1-2/h1-2H3;2H,1H3/i1D3,2D3;1D3,2D. The van der Waals surface area contributed by atoms with Gasteiger partial charge >= 0.3 is 0 Å². The van der Waals surface area contributed by atoms with Gasteiger partial charge in [-0.2, -0.15) is 0 Å². The molecule has 0 aliphatic carbocycles. The van der Waals surface area contributed by atoms with Crippen molar-refractivity contribution in [3.05, 3.63) is 0 Å². The molecule has 0 radical (unpaired) electrons. The van der Waals surface area contributed by atoms with Crippen LogP contribution in [0.25, 0.3) is 0 Å². The van der Waals surface area contributed by atoms with Crippen molar-refractivity contribution in [1.29, 1.82) is 1.43 Å². The van der Waals surface area contributed by atoms with Crippen LogP contribution in [-0.4, -0.2) is 19.4 Å². The van der Waals surface area contributed by atoms with Gasteiger partial charge in [-0.15, -0.1) is 0 Å². The molecule has 2 heteroatoms. The number of hydrogen-bond acceptors (Lipinski definition) is 2. The Morgan fingerprint density at radius 1 is 2.00 bits per heavy atom. The van der Waals surface area contributed by atoms with E-state index in [2.05, 4.69) is 5.11 Å². The van der Waals surface area contributed by atoms with E-state index < -0.39 is 26.5 Å². The summed E-state index contributed by atoms with van der Waals surface area (Å²) in [7, 11) is -2.54. The summed E-state index contributed by atoms with van der Waals surface area (Å²) in [5.41, 5.74) is 0. The van der Waals surface area contributed by atoms with E-state index in [9.17, 15) is 4.79 Å². The Morgan fingerprint density at radius 2 is 2.50 bits per heavy atom. The second-order valence-electron chi connectivity index (χ2n) is 0.329. The summed E-state index contributed by atoms with van der Waals surface area (Å²) in [5, 5.41) is 3.19. The zero-order valence-corrected chi connectivity index (χ0v) is 2.82. The fourth-order valence-corrected chi connectivity index (χ4v) is 0. The molecule has 38 valence electrons. The first-order chi connectivity index (χ1) is 6.72. The van der Waals surface area contributed by atoms with Gasteiger partial charge < -0.3 is 9.90 Å². The van der Waals surface area contributed by atoms with Gasteiger partial charge in [-0.05, 0) is 13.7 Å². The molecule has 1 N–H and O–H groups in total. The maximum Gasteiger partial charge on any atom is 0.210 e. The number of hydrogen-bond donors (Lipinski definition) is 1. The van der Waals surface area contributed by atoms with Gasteiger partial charge in [-0.1, -0.05) is 0 Å². The van der Waals surface area contributed by atoms with Crippen LogP contribution < -0.4 is 0 Å². The predicted molar refractivity (Wildman–Crippen MR) is 24.5 cm³/mol. The van der Waals surface area contributed by atoms with Gasteiger partial charge in [0.1, 0.15) is 5.78 Å². The van der Waals surface area contributed by atoms with Crippen LogP contribution in [-0.2, 0) is 4.79 Å². The first-order valence-corrected chi connectivity index (χ1v) is 0.908. The molecule has 0 rings (SSSR count). The van der Waals surface area contributed by atoms with Gasteiger partial charge in [-0.25, -0.2) is 0 Å². The average Bonchev–Trinajstić information content (AvgIpc) is 1.99. The zero-order chi connectivity index (χ0) is 13.8. The molecule has 0 saturated carbocycles. The van der Waals surface area contributed by atoms with Crippen LogP contribution in [0.4, 0.5) is 0 Å². The topological polar surface area (TPSA) is 37.3 Å². The van der Waals surface area contributed by atoms with Crippen molar-refractivity contribution in [3.8, 4) is 0 Å². The minimum Gasteiger partial charge on any atom is -0.400 e. The predicted octanol–water partition coefficient (Wildman–Crippen LogP) is 0.204. The third-order valence-corrected chi connectivity index (χ3v) is 0. The molecule has 2 nitrogen and oxygen atoms in total. The van der Waals surface area contributed by atoms with Gasteiger partial charge in [0.25, 0.3) is 0 Å². The fraction of sp³-hybridized carbons (Fsp3) is 0.750. The summed E-state index contributed by atoms with van der Waals surface area (Å²) in [6.07, 6.45) is 0. The van der Waals surface area contributed by atoms with Crippen LogP contribution in [0.1, 0.15) is 26.0 Å². The molecule has 0 unspecified atom stereocenters. The number of rotatable bonds is 0. The normalized spacial score (nSPS) is 36.0. The molecule has 0 fully saturated rings. The lowest BCUT2D eigenvalue weighted by Crippen LogP contribution is -1.69. The van der Waals surface area contributed by atoms with Crippen molar-refractivity contribution < 1.29 is 22.2 Å². The largest absolute Gasteiger partial charge is 0.400 e. The lowest BCUT2D eigenvalue weighted by molar-refractivity contribution is -0.114. The van der Waals surface area contributed by atoms with Crippen LogP contribution in [0, 0.1) is 0 Å². The van der Waals surface area contributed by atoms with E-state index in [4.69, 9.17) is 13.8 Å². The molecular formula is C4H10O2. The highest BCUT2D eigenvalue weighted by atomic mass is 16.2. The summed E-state index contributed by atoms with van der Waals surface area (Å²) >= 11 is 0. The Hall–Kier alpha value is -0.370. The summed E-state index contributed by atoms with van der Waals surface area (Å²) in [5.74, 6) is -1.68. The quantitative estimate of drug-likeness (QED) is 0.472. The minimum atomic E-state index is -3.01. The van der Waals surface area contributed by atoms with Gasteiger partial charge in [0.2, 0.25) is 1.43 Å². The molecule has 0 saturated heterocycles. The van der Waals surface area contributed by atoms with Crippen molar-refractivity contribution in [1.82, 2.24) is 0 Å². The average molecular weight is 100 g/mol. The van der Waals surface area contributed by atoms with Crippen LogP contribution in [0.2, 0.25) is 0 Å². The highest BCUT2D eigenvalue weighted by molar-refractivity contribution is 5.72. The lowest BCUT2D eigenvalue weighted by Gasteiger charge is -1.56. The van der Waals surface area contributed by atoms with Gasteiger partial charge in [0.05, 0.1) is 4.11 Å².